The van der Waals surface area contributed by atoms with Crippen molar-refractivity contribution in [3.05, 3.63) is 220 Å². The Morgan fingerprint density at radius 3 is 1.28 bits per heavy atom. The van der Waals surface area contributed by atoms with Crippen LogP contribution in [-0.4, -0.2) is 228 Å². The summed E-state index contributed by atoms with van der Waals surface area (Å²) in [5, 5.41) is 9.17. The van der Waals surface area contributed by atoms with Gasteiger partial charge in [0.2, 0.25) is 5.91 Å². The van der Waals surface area contributed by atoms with Crippen molar-refractivity contribution < 1.29 is 42.9 Å². The number of rotatable bonds is 28. The number of likely N-dealkylation sites (tertiary alicyclic amines) is 2. The van der Waals surface area contributed by atoms with E-state index in [1.807, 2.05) is 98.0 Å². The number of pyridine rings is 8. The Morgan fingerprint density at radius 2 is 0.854 bits per heavy atom. The molecular formula is C112H176N16O9. The number of nitrogens with zero attached hydrogens (tertiary/aromatic N) is 12. The Bertz CT molecular complexity index is 4770. The van der Waals surface area contributed by atoms with Crippen LogP contribution < -0.4 is 26.6 Å². The number of methoxy groups -OCH3 is 2. The summed E-state index contributed by atoms with van der Waals surface area (Å²) in [6.07, 6.45) is 21.4. The van der Waals surface area contributed by atoms with E-state index in [1.54, 1.807) is 41.2 Å². The van der Waals surface area contributed by atoms with Crippen LogP contribution in [0.1, 0.15) is 298 Å². The predicted molar refractivity (Wildman–Crippen MR) is 563 cm³/mol. The van der Waals surface area contributed by atoms with Crippen molar-refractivity contribution in [2.75, 3.05) is 154 Å². The molecule has 5 N–H and O–H groups in total. The highest BCUT2D eigenvalue weighted by Crippen LogP contribution is 2.30. The highest BCUT2D eigenvalue weighted by atomic mass is 16.5. The van der Waals surface area contributed by atoms with Gasteiger partial charge in [0.05, 0.1) is 89.8 Å². The van der Waals surface area contributed by atoms with E-state index in [2.05, 4.69) is 277 Å². The number of carbonyl (C=O) groups excluding carboxylic acids is 5. The maximum absolute atomic E-state index is 12.1. The normalized spacial score (nSPS) is 15.0. The molecule has 137 heavy (non-hydrogen) atoms. The van der Waals surface area contributed by atoms with Crippen LogP contribution >= 0.6 is 0 Å². The van der Waals surface area contributed by atoms with Gasteiger partial charge in [0.25, 0.3) is 0 Å². The molecule has 12 rings (SSSR count). The Hall–Kier alpha value is -9.41. The molecule has 12 heterocycles. The van der Waals surface area contributed by atoms with Crippen LogP contribution in [0.5, 0.6) is 0 Å². The summed E-state index contributed by atoms with van der Waals surface area (Å²) >= 11 is 0. The van der Waals surface area contributed by atoms with Crippen LogP contribution in [0.3, 0.4) is 0 Å². The molecule has 1 amide bonds. The fourth-order valence-electron chi connectivity index (χ4n) is 14.2. The van der Waals surface area contributed by atoms with E-state index in [9.17, 15) is 24.0 Å². The Labute approximate surface area is 825 Å². The summed E-state index contributed by atoms with van der Waals surface area (Å²) in [4.78, 5) is 102. The zero-order valence-corrected chi connectivity index (χ0v) is 88.5. The predicted octanol–water partition coefficient (Wildman–Crippen LogP) is 19.3. The van der Waals surface area contributed by atoms with Crippen molar-refractivity contribution >= 4 is 46.5 Å². The first-order valence-electron chi connectivity index (χ1n) is 49.1. The van der Waals surface area contributed by atoms with E-state index in [0.29, 0.717) is 82.7 Å². The summed E-state index contributed by atoms with van der Waals surface area (Å²) in [7, 11) is 3.34. The first-order valence-corrected chi connectivity index (χ1v) is 49.1. The van der Waals surface area contributed by atoms with Crippen LogP contribution in [0.25, 0.3) is 0 Å². The lowest BCUT2D eigenvalue weighted by Gasteiger charge is -2.29. The molecular weight excluding hydrogens is 1710 g/mol. The number of aromatic nitrogens is 8. The molecule has 758 valence electrons. The lowest BCUT2D eigenvalue weighted by atomic mass is 9.88. The van der Waals surface area contributed by atoms with Crippen LogP contribution in [-0.2, 0) is 108 Å². The molecule has 8 aromatic rings. The van der Waals surface area contributed by atoms with Gasteiger partial charge in [0.15, 0.2) is 17.3 Å². The summed E-state index contributed by atoms with van der Waals surface area (Å²) < 4.78 is 20.6. The molecule has 4 fully saturated rings. The molecule has 4 saturated heterocycles. The van der Waals surface area contributed by atoms with Crippen molar-refractivity contribution in [2.45, 2.75) is 295 Å². The fourth-order valence-corrected chi connectivity index (χ4v) is 14.2. The third kappa shape index (κ3) is 48.8. The van der Waals surface area contributed by atoms with Gasteiger partial charge in [-0.3, -0.25) is 63.6 Å². The molecule has 0 bridgehead atoms. The highest BCUT2D eigenvalue weighted by molar-refractivity contribution is 5.91. The van der Waals surface area contributed by atoms with Crippen LogP contribution in [0, 0.1) is 5.92 Å². The molecule has 25 nitrogen and oxygen atoms in total. The van der Waals surface area contributed by atoms with E-state index in [0.717, 1.165) is 138 Å². The minimum absolute atomic E-state index is 0. The largest absolute Gasteiger partial charge is 0.383 e. The number of morpholine rings is 2. The monoisotopic (exact) mass is 1890 g/mol. The number of Topliss-reactive ketones (excluding diaryl/α,β-unsaturated/α-hetero) is 4. The van der Waals surface area contributed by atoms with E-state index in [-0.39, 0.29) is 69.0 Å². The number of hydrogen-bond acceptors (Lipinski definition) is 24. The number of hydrogen-bond donors (Lipinski definition) is 4. The number of anilines is 3. The smallest absolute Gasteiger partial charge is 0.239 e. The molecule has 0 spiro atoms. The Morgan fingerprint density at radius 1 is 0.438 bits per heavy atom. The number of carbonyl (C=O) groups is 5. The van der Waals surface area contributed by atoms with Gasteiger partial charge in [-0.1, -0.05) is 203 Å². The van der Waals surface area contributed by atoms with Gasteiger partial charge in [0, 0.05) is 145 Å². The van der Waals surface area contributed by atoms with Gasteiger partial charge in [-0.05, 0) is 221 Å². The quantitative estimate of drug-likeness (QED) is 0.0331. The molecule has 25 heteroatoms. The van der Waals surface area contributed by atoms with Crippen molar-refractivity contribution in [1.82, 2.24) is 59.9 Å². The van der Waals surface area contributed by atoms with Gasteiger partial charge in [-0.15, -0.1) is 0 Å². The third-order valence-electron chi connectivity index (χ3n) is 23.4. The molecule has 0 saturated carbocycles. The molecule has 1 atom stereocenters. The zero-order chi connectivity index (χ0) is 101. The summed E-state index contributed by atoms with van der Waals surface area (Å²) in [6.45, 7) is 71.6. The fraction of sp³-hybridized carbons (Fsp3) is 0.598. The van der Waals surface area contributed by atoms with E-state index < -0.39 is 5.54 Å². The lowest BCUT2D eigenvalue weighted by molar-refractivity contribution is -0.122. The average molecular weight is 1890 g/mol. The SMILES string of the molecule is C.CC(=O)Cc1ccc(C(C)C)cn1.CC(C)(C)c1ccc(CN2CCOCC2)nc1.CC(C)(C)c1ccnc(N2CCOCC2)c1.CC(C)(C)c1ccnc(NC(=O)CN2CCCCC2)c1.CC(C)(N)C(=O)Cc1ccc(C(C)(C)C)cn1.COCCNCC(=O)Cc1ccc(C(C)C)cn1.COCCNc1cc(C(C)(C)C)ccn1.C[C@H]1CCN(CC(=O)Cc2ccc(C(C)(C)C)cn2)C1. The molecule has 4 aliphatic heterocycles. The highest BCUT2D eigenvalue weighted by Gasteiger charge is 2.27. The van der Waals surface area contributed by atoms with Gasteiger partial charge >= 0.3 is 0 Å². The number of nitrogens with one attached hydrogen (secondary N) is 3. The van der Waals surface area contributed by atoms with E-state index in [4.69, 9.17) is 24.7 Å². The average Bonchev–Trinajstić information content (AvgIpc) is 1.51. The van der Waals surface area contributed by atoms with Crippen molar-refractivity contribution in [2.24, 2.45) is 11.7 Å². The standard InChI is InChI=1S/C17H26N2O.C16H25N3O.C14H22N2O2.2C14H22N2O.C13H20N2O.C12H20N2O.C11H15NO.CH4/c1-13-7-8-19(11-13)12-16(20)9-15-6-5-14(10-18-15)17(2,3)4;1-16(2,3)13-7-8-17-14(11-13)18-15(20)12-19-9-5-4-6-10-19;1-11(2)12-4-5-13(16-9-12)8-14(17)10-15-6-7-18-3;1-14(2,3)12-4-5-13(15-10-12)11-16-6-8-17-9-7-16;1-13(2,3)10-6-7-11(16-9-10)8-12(17)14(4,5)15;1-13(2,3)11-4-5-14-12(10-11)15-6-8-16-9-7-15;1-12(2,3)10-5-6-13-11(9-10)14-7-8-15-4;1-8(2)10-4-5-11(12-7-10)6-9(3)13;/h5-6,10,13H,7-9,11-12H2,1-4H3;7-8,11H,4-6,9-10,12H2,1-3H3,(H,17,18,20);4-5,9,11,15H,6-8,10H2,1-3H3;4-5,10H,6-9,11H2,1-3H3;6-7,9H,8,15H2,1-5H3;4-5,10H,6-9H2,1-3H3;5-6,9H,7-8H2,1-4H3,(H,13,14);4-5,7-8H,6H2,1-3H3;1H4/t13-;;;;;;;;/m0......../s1. The molecule has 0 aliphatic carbocycles. The van der Waals surface area contributed by atoms with Crippen LogP contribution in [0.2, 0.25) is 0 Å². The number of piperidine rings is 1. The second kappa shape index (κ2) is 59.2. The minimum Gasteiger partial charge on any atom is -0.383 e. The molecule has 0 aromatic carbocycles. The maximum Gasteiger partial charge on any atom is 0.239 e. The van der Waals surface area contributed by atoms with Crippen LogP contribution in [0.15, 0.2) is 147 Å². The Balaban J connectivity index is 0.000000328. The summed E-state index contributed by atoms with van der Waals surface area (Å²) in [5.41, 5.74) is 20.2. The number of ether oxygens (including phenoxy) is 4. The van der Waals surface area contributed by atoms with Gasteiger partial charge < -0.3 is 45.5 Å². The summed E-state index contributed by atoms with van der Waals surface area (Å²) in [5.74, 6) is 4.97. The number of nitrogens with two attached hydrogens (primary N) is 1. The van der Waals surface area contributed by atoms with E-state index in [1.165, 1.54) is 70.2 Å². The van der Waals surface area contributed by atoms with Crippen molar-refractivity contribution in [3.8, 4) is 0 Å². The summed E-state index contributed by atoms with van der Waals surface area (Å²) in [6, 6.07) is 32.7. The topological polar surface area (TPSA) is 300 Å². The van der Waals surface area contributed by atoms with E-state index >= 15 is 0 Å². The van der Waals surface area contributed by atoms with Gasteiger partial charge in [-0.2, -0.15) is 0 Å². The zero-order valence-electron chi connectivity index (χ0n) is 88.5. The molecule has 0 radical (unpaired) electrons. The van der Waals surface area contributed by atoms with Gasteiger partial charge in [0.1, 0.15) is 23.2 Å². The molecule has 8 aromatic heterocycles. The van der Waals surface area contributed by atoms with Crippen LogP contribution in [0.4, 0.5) is 17.5 Å². The molecule has 4 aliphatic rings. The maximum atomic E-state index is 12.1. The molecule has 0 unspecified atom stereocenters. The first-order chi connectivity index (χ1) is 63.8. The van der Waals surface area contributed by atoms with Crippen molar-refractivity contribution in [1.29, 1.82) is 0 Å². The third-order valence-corrected chi connectivity index (χ3v) is 23.4. The van der Waals surface area contributed by atoms with Crippen molar-refractivity contribution in [3.63, 3.8) is 0 Å². The number of amides is 1. The Kier molecular flexibility index (Phi) is 51.8. The second-order valence-electron chi connectivity index (χ2n) is 43.6. The first kappa shape index (κ1) is 120. The lowest BCUT2D eigenvalue weighted by Crippen LogP contribution is -2.42. The number of ketones is 4. The second-order valence-corrected chi connectivity index (χ2v) is 43.6. The van der Waals surface area contributed by atoms with Gasteiger partial charge in [-0.25, -0.2) is 15.0 Å². The minimum atomic E-state index is -0.787.